The molecule has 1 unspecified atom stereocenters. The van der Waals surface area contributed by atoms with Gasteiger partial charge in [0.2, 0.25) is 0 Å². The van der Waals surface area contributed by atoms with Crippen molar-refractivity contribution in [3.05, 3.63) is 0 Å². The van der Waals surface area contributed by atoms with Crippen molar-refractivity contribution in [3.8, 4) is 0 Å². The number of ether oxygens (including phenoxy) is 3. The van der Waals surface area contributed by atoms with Crippen LogP contribution in [0.3, 0.4) is 0 Å². The molecule has 0 aromatic carbocycles. The van der Waals surface area contributed by atoms with E-state index in [1.54, 1.807) is 13.8 Å². The first-order valence-corrected chi connectivity index (χ1v) is 4.96. The fraction of sp³-hybridized carbons (Fsp3) is 0.800. The van der Waals surface area contributed by atoms with Crippen molar-refractivity contribution in [3.63, 3.8) is 0 Å². The minimum atomic E-state index is -0.995. The molecule has 0 aromatic rings. The summed E-state index contributed by atoms with van der Waals surface area (Å²) >= 11 is 0. The van der Waals surface area contributed by atoms with E-state index in [1.807, 2.05) is 0 Å². The maximum atomic E-state index is 11.4. The monoisotopic (exact) mass is 233 g/mol. The fourth-order valence-corrected chi connectivity index (χ4v) is 0.665. The van der Waals surface area contributed by atoms with Crippen molar-refractivity contribution in [2.75, 3.05) is 20.3 Å². The Morgan fingerprint density at radius 3 is 2.19 bits per heavy atom. The van der Waals surface area contributed by atoms with Crippen LogP contribution in [0.25, 0.3) is 0 Å². The van der Waals surface area contributed by atoms with Gasteiger partial charge < -0.3 is 19.9 Å². The van der Waals surface area contributed by atoms with Crippen molar-refractivity contribution in [1.29, 1.82) is 0 Å². The smallest absolute Gasteiger partial charge is 0.337 e. The van der Waals surface area contributed by atoms with Gasteiger partial charge in [0.05, 0.1) is 0 Å². The summed E-state index contributed by atoms with van der Waals surface area (Å²) in [5.74, 6) is -1.03. The summed E-state index contributed by atoms with van der Waals surface area (Å²) in [6.07, 6.45) is 0. The highest BCUT2D eigenvalue weighted by atomic mass is 16.6. The minimum Gasteiger partial charge on any atom is -0.461 e. The second-order valence-corrected chi connectivity index (χ2v) is 3.81. The molecule has 6 nitrogen and oxygen atoms in total. The molecule has 6 heteroatoms. The van der Waals surface area contributed by atoms with Gasteiger partial charge in [-0.05, 0) is 20.8 Å². The second kappa shape index (κ2) is 6.44. The molecule has 0 aromatic heterocycles. The summed E-state index contributed by atoms with van der Waals surface area (Å²) in [5, 5.41) is 0. The molecule has 94 valence electrons. The zero-order valence-corrected chi connectivity index (χ0v) is 10.1. The number of esters is 2. The van der Waals surface area contributed by atoms with Crippen LogP contribution >= 0.6 is 0 Å². The van der Waals surface area contributed by atoms with E-state index in [-0.39, 0.29) is 13.2 Å². The van der Waals surface area contributed by atoms with Crippen molar-refractivity contribution < 1.29 is 23.8 Å². The van der Waals surface area contributed by atoms with Crippen molar-refractivity contribution >= 4 is 11.9 Å². The standard InChI is InChI=1S/C10H19NO5/c1-7(11)8(12)15-5-6-16-9(13)10(2,3)14-4/h7H,5-6,11H2,1-4H3. The molecule has 2 N–H and O–H groups in total. The van der Waals surface area contributed by atoms with Gasteiger partial charge in [-0.1, -0.05) is 0 Å². The van der Waals surface area contributed by atoms with Gasteiger partial charge in [-0.3, -0.25) is 4.79 Å². The number of hydrogen-bond donors (Lipinski definition) is 1. The highest BCUT2D eigenvalue weighted by molar-refractivity contribution is 5.78. The number of rotatable bonds is 6. The minimum absolute atomic E-state index is 0.00803. The van der Waals surface area contributed by atoms with E-state index in [1.165, 1.54) is 14.0 Å². The first kappa shape index (κ1) is 14.9. The van der Waals surface area contributed by atoms with Crippen LogP contribution in [0.2, 0.25) is 0 Å². The molecule has 0 aliphatic carbocycles. The van der Waals surface area contributed by atoms with E-state index in [4.69, 9.17) is 19.9 Å². The van der Waals surface area contributed by atoms with Crippen LogP contribution in [-0.4, -0.2) is 43.9 Å². The Hall–Kier alpha value is -1.14. The van der Waals surface area contributed by atoms with Crippen molar-refractivity contribution in [2.24, 2.45) is 5.73 Å². The average molecular weight is 233 g/mol. The summed E-state index contributed by atoms with van der Waals surface area (Å²) in [7, 11) is 1.41. The first-order valence-electron chi connectivity index (χ1n) is 4.96. The topological polar surface area (TPSA) is 87.9 Å². The molecular formula is C10H19NO5. The molecule has 0 spiro atoms. The summed E-state index contributed by atoms with van der Waals surface area (Å²) < 4.78 is 14.5. The van der Waals surface area contributed by atoms with Crippen LogP contribution in [0.4, 0.5) is 0 Å². The van der Waals surface area contributed by atoms with E-state index in [9.17, 15) is 9.59 Å². The average Bonchev–Trinajstić information content (AvgIpc) is 2.23. The molecule has 0 radical (unpaired) electrons. The fourth-order valence-electron chi connectivity index (χ4n) is 0.665. The van der Waals surface area contributed by atoms with Gasteiger partial charge in [0.25, 0.3) is 0 Å². The molecule has 0 fully saturated rings. The van der Waals surface area contributed by atoms with E-state index in [2.05, 4.69) is 0 Å². The van der Waals surface area contributed by atoms with Crippen LogP contribution in [0.15, 0.2) is 0 Å². The van der Waals surface area contributed by atoms with E-state index >= 15 is 0 Å². The Morgan fingerprint density at radius 2 is 1.75 bits per heavy atom. The Labute approximate surface area is 95.0 Å². The van der Waals surface area contributed by atoms with E-state index in [0.717, 1.165) is 0 Å². The number of carbonyl (C=O) groups excluding carboxylic acids is 2. The molecule has 16 heavy (non-hydrogen) atoms. The molecule has 0 aliphatic heterocycles. The van der Waals surface area contributed by atoms with Gasteiger partial charge in [-0.15, -0.1) is 0 Å². The van der Waals surface area contributed by atoms with Crippen LogP contribution < -0.4 is 5.73 Å². The highest BCUT2D eigenvalue weighted by Crippen LogP contribution is 2.09. The predicted molar refractivity (Wildman–Crippen MR) is 56.7 cm³/mol. The van der Waals surface area contributed by atoms with Crippen molar-refractivity contribution in [1.82, 2.24) is 0 Å². The molecule has 0 rings (SSSR count). The summed E-state index contributed by atoms with van der Waals surface area (Å²) in [5.41, 5.74) is 4.27. The zero-order chi connectivity index (χ0) is 12.8. The Morgan fingerprint density at radius 1 is 1.25 bits per heavy atom. The normalized spacial score (nSPS) is 13.1. The summed E-state index contributed by atoms with van der Waals surface area (Å²) in [6.45, 7) is 4.67. The lowest BCUT2D eigenvalue weighted by atomic mass is 10.1. The quantitative estimate of drug-likeness (QED) is 0.507. The molecule has 0 heterocycles. The van der Waals surface area contributed by atoms with Gasteiger partial charge in [0, 0.05) is 7.11 Å². The van der Waals surface area contributed by atoms with Crippen LogP contribution in [-0.2, 0) is 23.8 Å². The SMILES string of the molecule is COC(C)(C)C(=O)OCCOC(=O)C(C)N. The Balaban J connectivity index is 3.76. The van der Waals surface area contributed by atoms with Gasteiger partial charge in [0.1, 0.15) is 19.3 Å². The third kappa shape index (κ3) is 5.09. The summed E-state index contributed by atoms with van der Waals surface area (Å²) in [6, 6.07) is -0.675. The maximum Gasteiger partial charge on any atom is 0.337 e. The summed E-state index contributed by atoms with van der Waals surface area (Å²) in [4.78, 5) is 22.3. The maximum absolute atomic E-state index is 11.4. The predicted octanol–water partition coefficient (Wildman–Crippen LogP) is -0.155. The molecule has 0 bridgehead atoms. The molecule has 1 atom stereocenters. The van der Waals surface area contributed by atoms with Crippen LogP contribution in [0, 0.1) is 0 Å². The molecule has 0 saturated carbocycles. The molecular weight excluding hydrogens is 214 g/mol. The van der Waals surface area contributed by atoms with Gasteiger partial charge in [-0.25, -0.2) is 4.79 Å². The third-order valence-electron chi connectivity index (χ3n) is 1.93. The number of methoxy groups -OCH3 is 1. The Bertz CT molecular complexity index is 250. The van der Waals surface area contributed by atoms with Crippen LogP contribution in [0.1, 0.15) is 20.8 Å². The Kier molecular flexibility index (Phi) is 5.98. The van der Waals surface area contributed by atoms with Crippen molar-refractivity contribution in [2.45, 2.75) is 32.4 Å². The van der Waals surface area contributed by atoms with E-state index in [0.29, 0.717) is 0 Å². The lowest BCUT2D eigenvalue weighted by molar-refractivity contribution is -0.168. The number of nitrogens with two attached hydrogens (primary N) is 1. The van der Waals surface area contributed by atoms with Gasteiger partial charge >= 0.3 is 11.9 Å². The molecule has 0 aliphatic rings. The van der Waals surface area contributed by atoms with Gasteiger partial charge in [-0.2, -0.15) is 0 Å². The molecule has 0 amide bonds. The molecule has 0 saturated heterocycles. The number of carbonyl (C=O) groups is 2. The van der Waals surface area contributed by atoms with E-state index < -0.39 is 23.6 Å². The lowest BCUT2D eigenvalue weighted by Crippen LogP contribution is -2.36. The zero-order valence-electron chi connectivity index (χ0n) is 10.1. The first-order chi connectivity index (χ1) is 7.31. The lowest BCUT2D eigenvalue weighted by Gasteiger charge is -2.20. The second-order valence-electron chi connectivity index (χ2n) is 3.81. The highest BCUT2D eigenvalue weighted by Gasteiger charge is 2.28. The largest absolute Gasteiger partial charge is 0.461 e. The third-order valence-corrected chi connectivity index (χ3v) is 1.93. The van der Waals surface area contributed by atoms with Crippen LogP contribution in [0.5, 0.6) is 0 Å². The number of hydrogen-bond acceptors (Lipinski definition) is 6. The van der Waals surface area contributed by atoms with Gasteiger partial charge in [0.15, 0.2) is 5.60 Å².